The van der Waals surface area contributed by atoms with Gasteiger partial charge in [-0.15, -0.1) is 0 Å². The third-order valence-electron chi connectivity index (χ3n) is 6.52. The van der Waals surface area contributed by atoms with Gasteiger partial charge in [-0.25, -0.2) is 8.78 Å². The Morgan fingerprint density at radius 1 is 0.861 bits per heavy atom. The zero-order valence-electron chi connectivity index (χ0n) is 20.8. The van der Waals surface area contributed by atoms with Gasteiger partial charge < -0.3 is 9.47 Å². The van der Waals surface area contributed by atoms with Gasteiger partial charge in [0, 0.05) is 5.56 Å². The molecule has 0 spiro atoms. The molecule has 0 N–H and O–H groups in total. The second-order valence-corrected chi connectivity index (χ2v) is 9.22. The van der Waals surface area contributed by atoms with Gasteiger partial charge in [-0.05, 0) is 62.3 Å². The predicted octanol–water partition coefficient (Wildman–Crippen LogP) is 7.72. The van der Waals surface area contributed by atoms with Gasteiger partial charge in [-0.2, -0.15) is 8.78 Å². The highest BCUT2D eigenvalue weighted by Gasteiger charge is 2.28. The zero-order chi connectivity index (χ0) is 26.1. The van der Waals surface area contributed by atoms with E-state index in [2.05, 4.69) is 18.8 Å². The zero-order valence-corrected chi connectivity index (χ0v) is 20.8. The summed E-state index contributed by atoms with van der Waals surface area (Å²) >= 11 is 0. The molecular weight excluding hydrogens is 472 g/mol. The van der Waals surface area contributed by atoms with Gasteiger partial charge >= 0.3 is 5.97 Å². The van der Waals surface area contributed by atoms with Crippen molar-refractivity contribution < 1.29 is 31.8 Å². The molecule has 0 bridgehead atoms. The van der Waals surface area contributed by atoms with Crippen LogP contribution < -0.4 is 9.47 Å². The van der Waals surface area contributed by atoms with Crippen LogP contribution in [-0.4, -0.2) is 12.6 Å². The van der Waals surface area contributed by atoms with Gasteiger partial charge in [-0.3, -0.25) is 4.79 Å². The summed E-state index contributed by atoms with van der Waals surface area (Å²) in [6.45, 7) is 3.95. The Bertz CT molecular complexity index is 1070. The van der Waals surface area contributed by atoms with E-state index in [0.717, 1.165) is 25.7 Å². The van der Waals surface area contributed by atoms with Gasteiger partial charge in [0.1, 0.15) is 11.3 Å². The van der Waals surface area contributed by atoms with Crippen LogP contribution >= 0.6 is 0 Å². The van der Waals surface area contributed by atoms with E-state index in [1.165, 1.54) is 43.5 Å². The fraction of sp³-hybridized carbons (Fsp3) is 0.483. The number of hydrogen-bond acceptors (Lipinski definition) is 3. The second-order valence-electron chi connectivity index (χ2n) is 9.22. The summed E-state index contributed by atoms with van der Waals surface area (Å²) in [4.78, 5) is 12.5. The van der Waals surface area contributed by atoms with Crippen molar-refractivity contribution in [2.45, 2.75) is 71.6 Å². The Labute approximate surface area is 210 Å². The van der Waals surface area contributed by atoms with Crippen LogP contribution in [0.1, 0.15) is 82.8 Å². The van der Waals surface area contributed by atoms with Crippen LogP contribution in [0.4, 0.5) is 17.6 Å². The highest BCUT2D eigenvalue weighted by atomic mass is 19.2. The summed E-state index contributed by atoms with van der Waals surface area (Å²) in [6.07, 6.45) is 8.50. The third-order valence-corrected chi connectivity index (χ3v) is 6.52. The van der Waals surface area contributed by atoms with Crippen molar-refractivity contribution in [2.24, 2.45) is 11.8 Å². The minimum absolute atomic E-state index is 0.0641. The van der Waals surface area contributed by atoms with E-state index in [1.807, 2.05) is 6.92 Å². The number of carbonyl (C=O) groups is 1. The standard InChI is InChI=1S/C29H32F4O3/c1-3-5-7-19-8-13-21(14-9-19)29(34)36-22-15-10-20(11-16-22)12-17-23-24(30)26(32)28(27(33)25(23)31)35-18-6-4-2/h10-11,15-16,19,21H,3-9,13-14,18H2,1-2H3. The molecular formula is C29H32F4O3. The van der Waals surface area contributed by atoms with E-state index < -0.39 is 34.6 Å². The van der Waals surface area contributed by atoms with Crippen LogP contribution in [0.25, 0.3) is 0 Å². The molecule has 1 fully saturated rings. The first-order chi connectivity index (χ1) is 17.3. The largest absolute Gasteiger partial charge is 0.487 e. The van der Waals surface area contributed by atoms with Gasteiger partial charge in [0.05, 0.1) is 12.5 Å². The second kappa shape index (κ2) is 13.3. The minimum atomic E-state index is -1.61. The molecule has 0 aliphatic heterocycles. The molecule has 1 saturated carbocycles. The highest BCUT2D eigenvalue weighted by Crippen LogP contribution is 2.33. The van der Waals surface area contributed by atoms with Crippen molar-refractivity contribution in [3.63, 3.8) is 0 Å². The van der Waals surface area contributed by atoms with Crippen molar-refractivity contribution in [1.29, 1.82) is 0 Å². The van der Waals surface area contributed by atoms with E-state index >= 15 is 0 Å². The maximum Gasteiger partial charge on any atom is 0.314 e. The van der Waals surface area contributed by atoms with Gasteiger partial charge in [0.2, 0.25) is 11.6 Å². The summed E-state index contributed by atoms with van der Waals surface area (Å²) in [5.74, 6) is -2.24. The van der Waals surface area contributed by atoms with Gasteiger partial charge in [-0.1, -0.05) is 51.4 Å². The number of carbonyl (C=O) groups excluding carboxylic acids is 1. The smallest absolute Gasteiger partial charge is 0.314 e. The molecule has 7 heteroatoms. The lowest BCUT2D eigenvalue weighted by Gasteiger charge is -2.27. The van der Waals surface area contributed by atoms with Crippen LogP contribution in [0.5, 0.6) is 11.5 Å². The molecule has 0 amide bonds. The number of ether oxygens (including phenoxy) is 2. The number of rotatable bonds is 9. The molecule has 0 heterocycles. The summed E-state index contributed by atoms with van der Waals surface area (Å²) < 4.78 is 67.6. The maximum atomic E-state index is 14.4. The van der Waals surface area contributed by atoms with Crippen LogP contribution in [-0.2, 0) is 4.79 Å². The first-order valence-corrected chi connectivity index (χ1v) is 12.7. The average molecular weight is 505 g/mol. The van der Waals surface area contributed by atoms with Gasteiger partial charge in [0.25, 0.3) is 0 Å². The van der Waals surface area contributed by atoms with Crippen LogP contribution in [0, 0.1) is 46.9 Å². The van der Waals surface area contributed by atoms with Crippen molar-refractivity contribution in [2.75, 3.05) is 6.61 Å². The maximum absolute atomic E-state index is 14.4. The lowest BCUT2D eigenvalue weighted by molar-refractivity contribution is -0.140. The fourth-order valence-corrected chi connectivity index (χ4v) is 4.29. The molecule has 0 saturated heterocycles. The molecule has 36 heavy (non-hydrogen) atoms. The number of benzene rings is 2. The van der Waals surface area contributed by atoms with Crippen molar-refractivity contribution in [1.82, 2.24) is 0 Å². The van der Waals surface area contributed by atoms with Gasteiger partial charge in [0.15, 0.2) is 17.4 Å². The molecule has 1 aliphatic carbocycles. The van der Waals surface area contributed by atoms with Crippen molar-refractivity contribution in [3.05, 3.63) is 58.7 Å². The number of unbranched alkanes of at least 4 members (excludes halogenated alkanes) is 2. The molecule has 0 aromatic heterocycles. The van der Waals surface area contributed by atoms with E-state index in [0.29, 0.717) is 30.1 Å². The molecule has 0 unspecified atom stereocenters. The normalized spacial score (nSPS) is 17.3. The van der Waals surface area contributed by atoms with E-state index in [9.17, 15) is 22.4 Å². The molecule has 0 atom stereocenters. The van der Waals surface area contributed by atoms with E-state index in [1.54, 1.807) is 0 Å². The Morgan fingerprint density at radius 3 is 2.06 bits per heavy atom. The lowest BCUT2D eigenvalue weighted by Crippen LogP contribution is -2.25. The van der Waals surface area contributed by atoms with E-state index in [4.69, 9.17) is 9.47 Å². The molecule has 2 aromatic rings. The van der Waals surface area contributed by atoms with Crippen molar-refractivity contribution >= 4 is 5.97 Å². The first-order valence-electron chi connectivity index (χ1n) is 12.7. The van der Waals surface area contributed by atoms with Crippen LogP contribution in [0.15, 0.2) is 24.3 Å². The fourth-order valence-electron chi connectivity index (χ4n) is 4.29. The Balaban J connectivity index is 1.63. The summed E-state index contributed by atoms with van der Waals surface area (Å²) in [5, 5.41) is 0. The topological polar surface area (TPSA) is 35.5 Å². The Hall–Kier alpha value is -3.01. The summed E-state index contributed by atoms with van der Waals surface area (Å²) in [5.41, 5.74) is -0.688. The monoisotopic (exact) mass is 504 g/mol. The summed E-state index contributed by atoms with van der Waals surface area (Å²) in [6, 6.07) is 6.05. The number of hydrogen-bond donors (Lipinski definition) is 0. The highest BCUT2D eigenvalue weighted by molar-refractivity contribution is 5.75. The van der Waals surface area contributed by atoms with E-state index in [-0.39, 0.29) is 18.5 Å². The SMILES string of the molecule is CCCCOc1c(F)c(F)c(C#Cc2ccc(OC(=O)C3CCC(CCCC)CC3)cc2)c(F)c1F. The van der Waals surface area contributed by atoms with Crippen LogP contribution in [0.2, 0.25) is 0 Å². The predicted molar refractivity (Wildman–Crippen MR) is 130 cm³/mol. The average Bonchev–Trinajstić information content (AvgIpc) is 2.89. The number of halogens is 4. The molecule has 3 rings (SSSR count). The molecule has 194 valence electrons. The quantitative estimate of drug-likeness (QED) is 0.0876. The minimum Gasteiger partial charge on any atom is -0.487 e. The van der Waals surface area contributed by atoms with Crippen molar-refractivity contribution in [3.8, 4) is 23.3 Å². The number of esters is 1. The molecule has 1 aliphatic rings. The summed E-state index contributed by atoms with van der Waals surface area (Å²) in [7, 11) is 0. The first kappa shape index (κ1) is 27.6. The third kappa shape index (κ3) is 7.02. The van der Waals surface area contributed by atoms with Crippen LogP contribution in [0.3, 0.4) is 0 Å². The molecule has 2 aromatic carbocycles. The molecule has 3 nitrogen and oxygen atoms in total. The lowest BCUT2D eigenvalue weighted by atomic mass is 9.80. The Morgan fingerprint density at radius 2 is 1.47 bits per heavy atom. The molecule has 0 radical (unpaired) electrons. The Kier molecular flexibility index (Phi) is 10.2.